The minimum atomic E-state index is -3.73. The maximum absolute atomic E-state index is 13.6. The molecule has 0 bridgehead atoms. The first kappa shape index (κ1) is 26.7. The van der Waals surface area contributed by atoms with Gasteiger partial charge in [-0.15, -0.1) is 8.78 Å². The molecular weight excluding hydrogens is 508 g/mol. The Kier molecular flexibility index (Phi) is 7.86. The van der Waals surface area contributed by atoms with Gasteiger partial charge in [-0.1, -0.05) is 56.0 Å². The fourth-order valence-corrected chi connectivity index (χ4v) is 5.25. The minimum Gasteiger partial charge on any atom is -0.484 e. The van der Waals surface area contributed by atoms with Gasteiger partial charge in [-0.2, -0.15) is 0 Å². The lowest BCUT2D eigenvalue weighted by atomic mass is 9.87. The molecule has 3 aromatic rings. The minimum absolute atomic E-state index is 0.00439. The summed E-state index contributed by atoms with van der Waals surface area (Å²) in [5, 5.41) is 4.87. The lowest BCUT2D eigenvalue weighted by molar-refractivity contribution is -0.286. The van der Waals surface area contributed by atoms with E-state index in [1.807, 2.05) is 36.4 Å². The highest BCUT2D eigenvalue weighted by Crippen LogP contribution is 2.43. The maximum Gasteiger partial charge on any atom is 0.586 e. The van der Waals surface area contributed by atoms with E-state index in [1.165, 1.54) is 32.1 Å². The number of carbonyl (C=O) groups is 2. The monoisotopic (exact) mass is 539 g/mol. The van der Waals surface area contributed by atoms with Crippen LogP contribution in [0.2, 0.25) is 0 Å². The molecule has 1 saturated carbocycles. The van der Waals surface area contributed by atoms with Gasteiger partial charge in [0.25, 0.3) is 5.91 Å². The molecule has 0 saturated heterocycles. The van der Waals surface area contributed by atoms with Gasteiger partial charge in [0.2, 0.25) is 0 Å². The van der Waals surface area contributed by atoms with E-state index >= 15 is 0 Å². The number of alkyl halides is 2. The van der Waals surface area contributed by atoms with E-state index in [2.05, 4.69) is 14.8 Å². The Morgan fingerprint density at radius 3 is 2.38 bits per heavy atom. The molecule has 1 amide bonds. The second kappa shape index (κ2) is 11.5. The third-order valence-corrected chi connectivity index (χ3v) is 7.25. The molecule has 1 aliphatic carbocycles. The second-order valence-electron chi connectivity index (χ2n) is 10.0. The van der Waals surface area contributed by atoms with Crippen LogP contribution in [0.5, 0.6) is 17.2 Å². The van der Waals surface area contributed by atoms with E-state index in [0.717, 1.165) is 42.0 Å². The smallest absolute Gasteiger partial charge is 0.484 e. The van der Waals surface area contributed by atoms with Crippen molar-refractivity contribution >= 4 is 22.6 Å². The SMILES string of the molecule is COC(=O)CC(c1ccc2c(c1)OC(F)(F)O2)c1ccc2ccc(OCC(=O)NC3CCCCCC3)cc2c1. The summed E-state index contributed by atoms with van der Waals surface area (Å²) in [6, 6.07) is 16.0. The predicted octanol–water partition coefficient (Wildman–Crippen LogP) is 6.07. The van der Waals surface area contributed by atoms with Gasteiger partial charge in [-0.05, 0) is 59.0 Å². The lowest BCUT2D eigenvalue weighted by Crippen LogP contribution is -2.37. The fourth-order valence-electron chi connectivity index (χ4n) is 5.25. The number of fused-ring (bicyclic) bond motifs is 2. The summed E-state index contributed by atoms with van der Waals surface area (Å²) in [5.41, 5.74) is 1.38. The van der Waals surface area contributed by atoms with Gasteiger partial charge in [-0.3, -0.25) is 9.59 Å². The summed E-state index contributed by atoms with van der Waals surface area (Å²) >= 11 is 0. The van der Waals surface area contributed by atoms with E-state index in [0.29, 0.717) is 11.3 Å². The van der Waals surface area contributed by atoms with Crippen molar-refractivity contribution < 1.29 is 37.3 Å². The first-order valence-electron chi connectivity index (χ1n) is 13.2. The van der Waals surface area contributed by atoms with Gasteiger partial charge < -0.3 is 24.3 Å². The second-order valence-corrected chi connectivity index (χ2v) is 10.0. The van der Waals surface area contributed by atoms with Gasteiger partial charge in [0.05, 0.1) is 13.5 Å². The van der Waals surface area contributed by atoms with Crippen molar-refractivity contribution in [1.82, 2.24) is 5.32 Å². The van der Waals surface area contributed by atoms with Crippen molar-refractivity contribution in [2.24, 2.45) is 0 Å². The zero-order valence-corrected chi connectivity index (χ0v) is 21.7. The van der Waals surface area contributed by atoms with Crippen molar-refractivity contribution in [3.05, 3.63) is 65.7 Å². The zero-order valence-electron chi connectivity index (χ0n) is 21.7. The molecule has 39 heavy (non-hydrogen) atoms. The molecule has 1 aliphatic heterocycles. The molecule has 3 aromatic carbocycles. The quantitative estimate of drug-likeness (QED) is 0.276. The summed E-state index contributed by atoms with van der Waals surface area (Å²) in [7, 11) is 1.30. The van der Waals surface area contributed by atoms with Gasteiger partial charge >= 0.3 is 12.3 Å². The van der Waals surface area contributed by atoms with Crippen LogP contribution in [-0.4, -0.2) is 37.9 Å². The molecule has 1 atom stereocenters. The Labute approximate surface area is 225 Å². The molecule has 9 heteroatoms. The largest absolute Gasteiger partial charge is 0.586 e. The van der Waals surface area contributed by atoms with Crippen LogP contribution in [0.1, 0.15) is 62.0 Å². The molecule has 0 spiro atoms. The number of ether oxygens (including phenoxy) is 4. The van der Waals surface area contributed by atoms with Crippen LogP contribution in [0.4, 0.5) is 8.78 Å². The lowest BCUT2D eigenvalue weighted by Gasteiger charge is -2.18. The van der Waals surface area contributed by atoms with Crippen molar-refractivity contribution in [3.8, 4) is 17.2 Å². The molecule has 1 unspecified atom stereocenters. The summed E-state index contributed by atoms with van der Waals surface area (Å²) in [5.74, 6) is -0.678. The number of methoxy groups -OCH3 is 1. The van der Waals surface area contributed by atoms with Crippen LogP contribution in [-0.2, 0) is 14.3 Å². The number of hydrogen-bond donors (Lipinski definition) is 1. The first-order chi connectivity index (χ1) is 18.8. The van der Waals surface area contributed by atoms with E-state index in [4.69, 9.17) is 9.47 Å². The van der Waals surface area contributed by atoms with E-state index in [-0.39, 0.29) is 36.5 Å². The third-order valence-electron chi connectivity index (χ3n) is 7.25. The molecule has 5 rings (SSSR count). The summed E-state index contributed by atoms with van der Waals surface area (Å²) in [6.07, 6.45) is 2.97. The molecular formula is C30H31F2NO6. The number of hydrogen-bond acceptors (Lipinski definition) is 6. The number of amides is 1. The Morgan fingerprint density at radius 1 is 0.923 bits per heavy atom. The number of rotatable bonds is 8. The average Bonchev–Trinajstić information content (AvgIpc) is 3.05. The van der Waals surface area contributed by atoms with Crippen molar-refractivity contribution in [2.75, 3.05) is 13.7 Å². The molecule has 1 heterocycles. The number of esters is 1. The number of halogens is 2. The average molecular weight is 540 g/mol. The topological polar surface area (TPSA) is 83.1 Å². The highest BCUT2D eigenvalue weighted by Gasteiger charge is 2.43. The van der Waals surface area contributed by atoms with Gasteiger partial charge in [0.1, 0.15) is 5.75 Å². The Bertz CT molecular complexity index is 1350. The van der Waals surface area contributed by atoms with Crippen LogP contribution in [0, 0.1) is 0 Å². The first-order valence-corrected chi connectivity index (χ1v) is 13.2. The molecule has 0 aromatic heterocycles. The standard InChI is InChI=1S/C30H31F2NO6/c1-36-29(35)17-25(21-11-13-26-27(16-21)39-30(31,32)38-26)20-9-8-19-10-12-24(15-22(19)14-20)37-18-28(34)33-23-6-4-2-3-5-7-23/h8-16,23,25H,2-7,17-18H2,1H3,(H,33,34). The van der Waals surface area contributed by atoms with Crippen molar-refractivity contribution in [3.63, 3.8) is 0 Å². The maximum atomic E-state index is 13.6. The highest BCUT2D eigenvalue weighted by molar-refractivity contribution is 5.85. The van der Waals surface area contributed by atoms with E-state index in [9.17, 15) is 18.4 Å². The highest BCUT2D eigenvalue weighted by atomic mass is 19.3. The van der Waals surface area contributed by atoms with Gasteiger partial charge in [0.15, 0.2) is 18.1 Å². The fraction of sp³-hybridized carbons (Fsp3) is 0.400. The predicted molar refractivity (Wildman–Crippen MR) is 140 cm³/mol. The van der Waals surface area contributed by atoms with Gasteiger partial charge in [-0.25, -0.2) is 0 Å². The number of carbonyl (C=O) groups excluding carboxylic acids is 2. The summed E-state index contributed by atoms with van der Waals surface area (Å²) < 4.78 is 46.9. The number of nitrogens with one attached hydrogen (secondary N) is 1. The Balaban J connectivity index is 1.34. The molecule has 7 nitrogen and oxygen atoms in total. The third kappa shape index (κ3) is 6.58. The molecule has 2 aliphatic rings. The molecule has 0 radical (unpaired) electrons. The van der Waals surface area contributed by atoms with Crippen LogP contribution < -0.4 is 19.5 Å². The molecule has 1 fully saturated rings. The number of benzene rings is 3. The normalized spacial score (nSPS) is 17.3. The van der Waals surface area contributed by atoms with Crippen LogP contribution in [0.3, 0.4) is 0 Å². The zero-order chi connectivity index (χ0) is 27.4. The van der Waals surface area contributed by atoms with Gasteiger partial charge in [0, 0.05) is 12.0 Å². The van der Waals surface area contributed by atoms with Crippen molar-refractivity contribution in [1.29, 1.82) is 0 Å². The Morgan fingerprint density at radius 2 is 1.62 bits per heavy atom. The molecule has 206 valence electrons. The van der Waals surface area contributed by atoms with Crippen LogP contribution >= 0.6 is 0 Å². The molecule has 1 N–H and O–H groups in total. The summed E-state index contributed by atoms with van der Waals surface area (Å²) in [4.78, 5) is 24.7. The van der Waals surface area contributed by atoms with Crippen molar-refractivity contribution in [2.45, 2.75) is 63.2 Å². The van der Waals surface area contributed by atoms with Crippen LogP contribution in [0.15, 0.2) is 54.6 Å². The van der Waals surface area contributed by atoms with E-state index < -0.39 is 18.2 Å². The Hall–Kier alpha value is -3.88. The van der Waals surface area contributed by atoms with E-state index in [1.54, 1.807) is 6.07 Å². The summed E-state index contributed by atoms with van der Waals surface area (Å²) in [6.45, 7) is -0.0749. The van der Waals surface area contributed by atoms with Crippen LogP contribution in [0.25, 0.3) is 10.8 Å².